The molecule has 0 aliphatic carbocycles. The Hall–Kier alpha value is -1.28. The molecule has 1 heterocycles. The van der Waals surface area contributed by atoms with Gasteiger partial charge in [-0.2, -0.15) is 0 Å². The van der Waals surface area contributed by atoms with Gasteiger partial charge < -0.3 is 10.3 Å². The van der Waals surface area contributed by atoms with Crippen LogP contribution in [-0.2, 0) is 0 Å². The molecule has 1 aromatic heterocycles. The van der Waals surface area contributed by atoms with E-state index in [1.807, 2.05) is 0 Å². The van der Waals surface area contributed by atoms with Crippen LogP contribution in [0, 0.1) is 13.8 Å². The second kappa shape index (κ2) is 4.30. The van der Waals surface area contributed by atoms with Crippen molar-refractivity contribution in [2.24, 2.45) is 0 Å². The third-order valence-corrected chi connectivity index (χ3v) is 3.22. The summed E-state index contributed by atoms with van der Waals surface area (Å²) in [6.07, 6.45) is 0. The van der Waals surface area contributed by atoms with Crippen LogP contribution in [0.1, 0.15) is 36.7 Å². The average molecular weight is 216 g/mol. The number of aromatic nitrogens is 1. The number of H-pyrrole nitrogens is 1. The smallest absolute Gasteiger partial charge is 0.0489 e. The predicted octanol–water partition coefficient (Wildman–Crippen LogP) is 3.46. The molecule has 1 atom stereocenters. The Morgan fingerprint density at radius 3 is 2.75 bits per heavy atom. The SMILES string of the molecule is CCNC(C)c1c(C)[nH]c2c(C)cccc12. The highest BCUT2D eigenvalue weighted by molar-refractivity contribution is 5.87. The average Bonchev–Trinajstić information content (AvgIpc) is 2.56. The molecule has 2 aromatic rings. The molecule has 86 valence electrons. The summed E-state index contributed by atoms with van der Waals surface area (Å²) < 4.78 is 0. The van der Waals surface area contributed by atoms with Gasteiger partial charge in [0.15, 0.2) is 0 Å². The van der Waals surface area contributed by atoms with Crippen molar-refractivity contribution in [2.75, 3.05) is 6.54 Å². The van der Waals surface area contributed by atoms with Crippen LogP contribution in [-0.4, -0.2) is 11.5 Å². The van der Waals surface area contributed by atoms with Crippen LogP contribution >= 0.6 is 0 Å². The Bertz CT molecular complexity index is 497. The molecule has 0 saturated heterocycles. The van der Waals surface area contributed by atoms with E-state index in [0.29, 0.717) is 6.04 Å². The lowest BCUT2D eigenvalue weighted by Crippen LogP contribution is -2.18. The van der Waals surface area contributed by atoms with Gasteiger partial charge in [0.1, 0.15) is 0 Å². The maximum atomic E-state index is 3.49. The zero-order chi connectivity index (χ0) is 11.7. The fourth-order valence-electron chi connectivity index (χ4n) is 2.48. The van der Waals surface area contributed by atoms with Crippen molar-refractivity contribution in [3.05, 3.63) is 35.0 Å². The topological polar surface area (TPSA) is 27.8 Å². The Kier molecular flexibility index (Phi) is 3.01. The van der Waals surface area contributed by atoms with Gasteiger partial charge in [0.25, 0.3) is 0 Å². The predicted molar refractivity (Wildman–Crippen MR) is 69.9 cm³/mol. The van der Waals surface area contributed by atoms with Crippen LogP contribution in [0.5, 0.6) is 0 Å². The van der Waals surface area contributed by atoms with Gasteiger partial charge in [-0.1, -0.05) is 25.1 Å². The van der Waals surface area contributed by atoms with Crippen LogP contribution in [0.3, 0.4) is 0 Å². The lowest BCUT2D eigenvalue weighted by molar-refractivity contribution is 0.599. The summed E-state index contributed by atoms with van der Waals surface area (Å²) in [7, 11) is 0. The molecule has 16 heavy (non-hydrogen) atoms. The van der Waals surface area contributed by atoms with Crippen LogP contribution in [0.4, 0.5) is 0 Å². The van der Waals surface area contributed by atoms with E-state index in [-0.39, 0.29) is 0 Å². The summed E-state index contributed by atoms with van der Waals surface area (Å²) in [5, 5.41) is 4.83. The van der Waals surface area contributed by atoms with Crippen LogP contribution in [0.2, 0.25) is 0 Å². The highest BCUT2D eigenvalue weighted by atomic mass is 14.9. The molecule has 2 heteroatoms. The maximum Gasteiger partial charge on any atom is 0.0489 e. The first-order chi connectivity index (χ1) is 7.65. The lowest BCUT2D eigenvalue weighted by atomic mass is 10.0. The zero-order valence-corrected chi connectivity index (χ0v) is 10.5. The van der Waals surface area contributed by atoms with Gasteiger partial charge in [0.05, 0.1) is 0 Å². The summed E-state index contributed by atoms with van der Waals surface area (Å²) in [5.74, 6) is 0. The van der Waals surface area contributed by atoms with Gasteiger partial charge in [-0.15, -0.1) is 0 Å². The first kappa shape index (κ1) is 11.2. The van der Waals surface area contributed by atoms with Gasteiger partial charge >= 0.3 is 0 Å². The molecule has 0 bridgehead atoms. The second-order valence-corrected chi connectivity index (χ2v) is 4.44. The molecule has 0 spiro atoms. The summed E-state index contributed by atoms with van der Waals surface area (Å²) in [5.41, 5.74) is 5.27. The van der Waals surface area contributed by atoms with Crippen LogP contribution < -0.4 is 5.32 Å². The highest BCUT2D eigenvalue weighted by Crippen LogP contribution is 2.29. The standard InChI is InChI=1S/C14H20N2/c1-5-15-10(3)13-11(4)16-14-9(2)7-6-8-12(13)14/h6-8,10,15-16H,5H2,1-4H3. The minimum Gasteiger partial charge on any atom is -0.358 e. The molecular weight excluding hydrogens is 196 g/mol. The number of rotatable bonds is 3. The highest BCUT2D eigenvalue weighted by Gasteiger charge is 2.14. The minimum absolute atomic E-state index is 0.403. The van der Waals surface area contributed by atoms with Crippen molar-refractivity contribution in [3.63, 3.8) is 0 Å². The molecule has 2 N–H and O–H groups in total. The van der Waals surface area contributed by atoms with Crippen molar-refractivity contribution in [3.8, 4) is 0 Å². The van der Waals surface area contributed by atoms with E-state index in [1.54, 1.807) is 0 Å². The summed E-state index contributed by atoms with van der Waals surface area (Å²) in [4.78, 5) is 3.49. The summed E-state index contributed by atoms with van der Waals surface area (Å²) >= 11 is 0. The monoisotopic (exact) mass is 216 g/mol. The molecular formula is C14H20N2. The number of benzene rings is 1. The normalized spacial score (nSPS) is 13.2. The van der Waals surface area contributed by atoms with E-state index in [1.165, 1.54) is 27.7 Å². The maximum absolute atomic E-state index is 3.49. The molecule has 1 aromatic carbocycles. The van der Waals surface area contributed by atoms with Crippen molar-refractivity contribution < 1.29 is 0 Å². The van der Waals surface area contributed by atoms with Crippen molar-refractivity contribution in [1.82, 2.24) is 10.3 Å². The quantitative estimate of drug-likeness (QED) is 0.808. The number of hydrogen-bond donors (Lipinski definition) is 2. The first-order valence-corrected chi connectivity index (χ1v) is 5.96. The molecule has 1 unspecified atom stereocenters. The fourth-order valence-corrected chi connectivity index (χ4v) is 2.48. The minimum atomic E-state index is 0.403. The molecule has 0 saturated carbocycles. The van der Waals surface area contributed by atoms with Gasteiger partial charge in [-0.3, -0.25) is 0 Å². The number of aryl methyl sites for hydroxylation is 2. The fraction of sp³-hybridized carbons (Fsp3) is 0.429. The second-order valence-electron chi connectivity index (χ2n) is 4.44. The van der Waals surface area contributed by atoms with Gasteiger partial charge in [-0.05, 0) is 38.4 Å². The molecule has 0 radical (unpaired) electrons. The molecule has 0 aliphatic rings. The largest absolute Gasteiger partial charge is 0.358 e. The van der Waals surface area contributed by atoms with Crippen LogP contribution in [0.15, 0.2) is 18.2 Å². The van der Waals surface area contributed by atoms with Crippen molar-refractivity contribution in [1.29, 1.82) is 0 Å². The van der Waals surface area contributed by atoms with Crippen LogP contribution in [0.25, 0.3) is 10.9 Å². The number of fused-ring (bicyclic) bond motifs is 1. The Balaban J connectivity index is 2.60. The first-order valence-electron chi connectivity index (χ1n) is 5.96. The van der Waals surface area contributed by atoms with E-state index in [2.05, 4.69) is 56.2 Å². The van der Waals surface area contributed by atoms with Gasteiger partial charge in [0.2, 0.25) is 0 Å². The van der Waals surface area contributed by atoms with E-state index in [0.717, 1.165) is 6.54 Å². The van der Waals surface area contributed by atoms with Gasteiger partial charge in [-0.25, -0.2) is 0 Å². The lowest BCUT2D eigenvalue weighted by Gasteiger charge is -2.12. The van der Waals surface area contributed by atoms with E-state index in [4.69, 9.17) is 0 Å². The molecule has 2 nitrogen and oxygen atoms in total. The van der Waals surface area contributed by atoms with Crippen molar-refractivity contribution >= 4 is 10.9 Å². The number of aromatic amines is 1. The third-order valence-electron chi connectivity index (χ3n) is 3.22. The van der Waals surface area contributed by atoms with E-state index in [9.17, 15) is 0 Å². The Labute approximate surface area is 97.1 Å². The Morgan fingerprint density at radius 2 is 2.06 bits per heavy atom. The number of hydrogen-bond acceptors (Lipinski definition) is 1. The molecule has 2 rings (SSSR count). The van der Waals surface area contributed by atoms with Gasteiger partial charge in [0, 0.05) is 22.6 Å². The molecule has 0 aliphatic heterocycles. The van der Waals surface area contributed by atoms with E-state index >= 15 is 0 Å². The third kappa shape index (κ3) is 1.74. The summed E-state index contributed by atoms with van der Waals surface area (Å²) in [6, 6.07) is 6.89. The summed E-state index contributed by atoms with van der Waals surface area (Å²) in [6.45, 7) is 9.68. The van der Waals surface area contributed by atoms with Crippen molar-refractivity contribution in [2.45, 2.75) is 33.7 Å². The number of nitrogens with one attached hydrogen (secondary N) is 2. The zero-order valence-electron chi connectivity index (χ0n) is 10.5. The molecule has 0 amide bonds. The Morgan fingerprint density at radius 1 is 1.31 bits per heavy atom. The van der Waals surface area contributed by atoms with E-state index < -0.39 is 0 Å². The molecule has 0 fully saturated rings. The number of para-hydroxylation sites is 1.